The molecule has 3 aliphatic rings. The number of rotatable bonds is 7. The lowest BCUT2D eigenvalue weighted by Crippen LogP contribution is -2.53. The Morgan fingerprint density at radius 2 is 1.70 bits per heavy atom. The highest BCUT2D eigenvalue weighted by atomic mass is 16.7. The number of benzene rings is 1. The molecular weight excluding hydrogens is 417 g/mol. The van der Waals surface area contributed by atoms with Crippen molar-refractivity contribution >= 4 is 18.7 Å². The molecule has 4 rings (SSSR count). The first-order chi connectivity index (χ1) is 15.2. The second-order valence-corrected chi connectivity index (χ2v) is 12.1. The van der Waals surface area contributed by atoms with Crippen LogP contribution in [0.3, 0.4) is 0 Å². The molecule has 182 valence electrons. The second kappa shape index (κ2) is 8.28. The van der Waals surface area contributed by atoms with Crippen molar-refractivity contribution in [2.75, 3.05) is 6.54 Å². The predicted octanol–water partition coefficient (Wildman–Crippen LogP) is 4.59. The Labute approximate surface area is 199 Å². The molecule has 0 radical (unpaired) electrons. The Kier molecular flexibility index (Phi) is 6.16. The zero-order valence-corrected chi connectivity index (χ0v) is 21.3. The standard InChI is InChI=1S/C26H40BNO5/c1-18(20-10-12-21(13-11-20)27-32-24(4,5)25(6,7)33-27)28-15-14-26(31-22(28)29,16-19-8-9-19)17-23(2,3)30/h10-13,18-19,30H,8-9,14-17H2,1-7H3. The van der Waals surface area contributed by atoms with Crippen molar-refractivity contribution in [3.63, 3.8) is 0 Å². The molecule has 6 nitrogen and oxygen atoms in total. The van der Waals surface area contributed by atoms with Crippen LogP contribution in [0.15, 0.2) is 24.3 Å². The molecule has 2 heterocycles. The van der Waals surface area contributed by atoms with Gasteiger partial charge in [-0.15, -0.1) is 0 Å². The van der Waals surface area contributed by atoms with E-state index in [-0.39, 0.29) is 23.3 Å². The van der Waals surface area contributed by atoms with Crippen LogP contribution in [0.5, 0.6) is 0 Å². The van der Waals surface area contributed by atoms with Gasteiger partial charge in [0.2, 0.25) is 0 Å². The van der Waals surface area contributed by atoms with Crippen LogP contribution < -0.4 is 5.46 Å². The first kappa shape index (κ1) is 24.6. The van der Waals surface area contributed by atoms with Crippen LogP contribution in [0.4, 0.5) is 4.79 Å². The van der Waals surface area contributed by atoms with Gasteiger partial charge in [0, 0.05) is 19.4 Å². The van der Waals surface area contributed by atoms with E-state index in [4.69, 9.17) is 14.0 Å². The molecular formula is C26H40BNO5. The van der Waals surface area contributed by atoms with E-state index in [0.717, 1.165) is 23.9 Å². The summed E-state index contributed by atoms with van der Waals surface area (Å²) in [5.74, 6) is 0.617. The van der Waals surface area contributed by atoms with E-state index in [1.165, 1.54) is 12.8 Å². The minimum Gasteiger partial charge on any atom is -0.443 e. The molecule has 1 amide bonds. The van der Waals surface area contributed by atoms with Gasteiger partial charge in [0.1, 0.15) is 5.60 Å². The lowest BCUT2D eigenvalue weighted by atomic mass is 9.78. The molecule has 2 unspecified atom stereocenters. The smallest absolute Gasteiger partial charge is 0.443 e. The highest BCUT2D eigenvalue weighted by Crippen LogP contribution is 2.45. The van der Waals surface area contributed by atoms with Crippen molar-refractivity contribution in [2.24, 2.45) is 5.92 Å². The SMILES string of the molecule is CC(c1ccc(B2OC(C)(C)C(C)(C)O2)cc1)N1CCC(CC2CC2)(CC(C)(C)O)OC1=O. The predicted molar refractivity (Wildman–Crippen MR) is 129 cm³/mol. The molecule has 1 aromatic rings. The zero-order chi connectivity index (χ0) is 24.2. The Hall–Kier alpha value is -1.57. The molecule has 33 heavy (non-hydrogen) atoms. The van der Waals surface area contributed by atoms with Crippen molar-refractivity contribution in [2.45, 2.75) is 109 Å². The number of carbonyl (C=O) groups is 1. The molecule has 0 spiro atoms. The van der Waals surface area contributed by atoms with Crippen molar-refractivity contribution in [3.8, 4) is 0 Å². The van der Waals surface area contributed by atoms with E-state index in [1.54, 1.807) is 18.7 Å². The van der Waals surface area contributed by atoms with Crippen LogP contribution in [-0.2, 0) is 14.0 Å². The average Bonchev–Trinajstić information content (AvgIpc) is 3.45. The van der Waals surface area contributed by atoms with Crippen LogP contribution in [0.1, 0.15) is 92.2 Å². The van der Waals surface area contributed by atoms with E-state index in [1.807, 2.05) is 58.9 Å². The third-order valence-corrected chi connectivity index (χ3v) is 7.87. The number of aliphatic hydroxyl groups is 1. The minimum atomic E-state index is -0.869. The number of carbonyl (C=O) groups excluding carboxylic acids is 1. The van der Waals surface area contributed by atoms with Crippen molar-refractivity contribution < 1.29 is 23.9 Å². The summed E-state index contributed by atoms with van der Waals surface area (Å²) in [4.78, 5) is 14.9. The number of hydrogen-bond acceptors (Lipinski definition) is 5. The summed E-state index contributed by atoms with van der Waals surface area (Å²) in [5, 5.41) is 10.5. The Morgan fingerprint density at radius 3 is 2.18 bits per heavy atom. The van der Waals surface area contributed by atoms with Gasteiger partial charge in [0.05, 0.1) is 22.8 Å². The molecule has 1 saturated carbocycles. The van der Waals surface area contributed by atoms with Gasteiger partial charge in [0.25, 0.3) is 0 Å². The Balaban J connectivity index is 1.43. The van der Waals surface area contributed by atoms with Crippen LogP contribution in [-0.4, -0.2) is 52.2 Å². The van der Waals surface area contributed by atoms with E-state index in [9.17, 15) is 9.90 Å². The van der Waals surface area contributed by atoms with E-state index in [0.29, 0.717) is 18.9 Å². The maximum atomic E-state index is 13.1. The number of ether oxygens (including phenoxy) is 1. The van der Waals surface area contributed by atoms with Gasteiger partial charge in [-0.2, -0.15) is 0 Å². The molecule has 1 aliphatic carbocycles. The molecule has 2 atom stereocenters. The lowest BCUT2D eigenvalue weighted by molar-refractivity contribution is -0.102. The topological polar surface area (TPSA) is 68.2 Å². The lowest BCUT2D eigenvalue weighted by Gasteiger charge is -2.45. The van der Waals surface area contributed by atoms with Gasteiger partial charge in [0.15, 0.2) is 0 Å². The fraction of sp³-hybridized carbons (Fsp3) is 0.731. The largest absolute Gasteiger partial charge is 0.494 e. The highest BCUT2D eigenvalue weighted by Gasteiger charge is 2.52. The Morgan fingerprint density at radius 1 is 1.12 bits per heavy atom. The zero-order valence-electron chi connectivity index (χ0n) is 21.3. The summed E-state index contributed by atoms with van der Waals surface area (Å²) in [5.41, 5.74) is -0.169. The molecule has 3 fully saturated rings. The van der Waals surface area contributed by atoms with Crippen LogP contribution >= 0.6 is 0 Å². The first-order valence-corrected chi connectivity index (χ1v) is 12.4. The summed E-state index contributed by atoms with van der Waals surface area (Å²) >= 11 is 0. The minimum absolute atomic E-state index is 0.106. The van der Waals surface area contributed by atoms with E-state index >= 15 is 0 Å². The molecule has 0 bridgehead atoms. The Bertz CT molecular complexity index is 858. The van der Waals surface area contributed by atoms with Gasteiger partial charge < -0.3 is 24.1 Å². The van der Waals surface area contributed by atoms with Gasteiger partial charge in [-0.3, -0.25) is 0 Å². The maximum Gasteiger partial charge on any atom is 0.494 e. The van der Waals surface area contributed by atoms with Crippen molar-refractivity contribution in [1.82, 2.24) is 4.90 Å². The van der Waals surface area contributed by atoms with Crippen molar-refractivity contribution in [1.29, 1.82) is 0 Å². The summed E-state index contributed by atoms with van der Waals surface area (Å²) in [6.07, 6.45) is 4.19. The number of nitrogens with zero attached hydrogens (tertiary/aromatic N) is 1. The second-order valence-electron chi connectivity index (χ2n) is 12.1. The van der Waals surface area contributed by atoms with Gasteiger partial charge in [-0.25, -0.2) is 4.79 Å². The van der Waals surface area contributed by atoms with E-state index < -0.39 is 18.3 Å². The molecule has 0 aromatic heterocycles. The summed E-state index contributed by atoms with van der Waals surface area (Å²) < 4.78 is 18.4. The molecule has 7 heteroatoms. The summed E-state index contributed by atoms with van der Waals surface area (Å²) in [6, 6.07) is 8.03. The quantitative estimate of drug-likeness (QED) is 0.607. The van der Waals surface area contributed by atoms with Crippen LogP contribution in [0.25, 0.3) is 0 Å². The van der Waals surface area contributed by atoms with E-state index in [2.05, 4.69) is 0 Å². The fourth-order valence-corrected chi connectivity index (χ4v) is 5.13. The molecule has 1 aromatic carbocycles. The van der Waals surface area contributed by atoms with Gasteiger partial charge in [-0.05, 0) is 71.8 Å². The van der Waals surface area contributed by atoms with Gasteiger partial charge >= 0.3 is 13.2 Å². The third-order valence-electron chi connectivity index (χ3n) is 7.87. The van der Waals surface area contributed by atoms with Gasteiger partial charge in [-0.1, -0.05) is 37.1 Å². The van der Waals surface area contributed by atoms with Crippen molar-refractivity contribution in [3.05, 3.63) is 29.8 Å². The number of amides is 1. The maximum absolute atomic E-state index is 13.1. The average molecular weight is 457 g/mol. The first-order valence-electron chi connectivity index (χ1n) is 12.4. The highest BCUT2D eigenvalue weighted by molar-refractivity contribution is 6.62. The summed E-state index contributed by atoms with van der Waals surface area (Å²) in [6.45, 7) is 14.5. The monoisotopic (exact) mass is 457 g/mol. The van der Waals surface area contributed by atoms with Crippen LogP contribution in [0, 0.1) is 5.92 Å². The molecule has 1 N–H and O–H groups in total. The summed E-state index contributed by atoms with van der Waals surface area (Å²) in [7, 11) is -0.399. The fourth-order valence-electron chi connectivity index (χ4n) is 5.13. The third kappa shape index (κ3) is 5.25. The number of cyclic esters (lactones) is 1. The number of hydrogen-bond donors (Lipinski definition) is 1. The molecule has 2 aliphatic heterocycles. The van der Waals surface area contributed by atoms with Crippen LogP contribution in [0.2, 0.25) is 0 Å². The normalized spacial score (nSPS) is 28.1. The molecule has 2 saturated heterocycles.